The second-order valence-electron chi connectivity index (χ2n) is 13.4. The molecule has 3 N–H and O–H groups in total. The van der Waals surface area contributed by atoms with Crippen molar-refractivity contribution in [1.82, 2.24) is 15.6 Å². The van der Waals surface area contributed by atoms with Crippen molar-refractivity contribution >= 4 is 5.91 Å². The highest BCUT2D eigenvalue weighted by molar-refractivity contribution is 5.81. The number of aromatic nitrogens is 1. The molecule has 1 aromatic heterocycles. The average molecular weight is 566 g/mol. The largest absolute Gasteiger partial charge is 0.471 e. The molecule has 0 radical (unpaired) electrons. The number of fused-ring (bicyclic) bond motifs is 2. The minimum absolute atomic E-state index is 0.00109. The van der Waals surface area contributed by atoms with E-state index < -0.39 is 18.2 Å². The van der Waals surface area contributed by atoms with Gasteiger partial charge in [0.05, 0.1) is 12.1 Å². The Bertz CT molecular complexity index is 1250. The van der Waals surface area contributed by atoms with Crippen LogP contribution < -0.4 is 24.8 Å². The van der Waals surface area contributed by atoms with Gasteiger partial charge in [0, 0.05) is 37.4 Å². The summed E-state index contributed by atoms with van der Waals surface area (Å²) in [5.41, 5.74) is 3.14. The molecule has 1 aliphatic carbocycles. The number of carbonyl (C=O) groups is 1. The Morgan fingerprint density at radius 2 is 1.98 bits per heavy atom. The summed E-state index contributed by atoms with van der Waals surface area (Å²) in [6.45, 7) is 7.78. The van der Waals surface area contributed by atoms with Gasteiger partial charge < -0.3 is 34.7 Å². The third-order valence-electron chi connectivity index (χ3n) is 8.68. The number of rotatable bonds is 9. The van der Waals surface area contributed by atoms with E-state index in [1.807, 2.05) is 24.4 Å². The minimum Gasteiger partial charge on any atom is -0.471 e. The van der Waals surface area contributed by atoms with Gasteiger partial charge in [-0.05, 0) is 79.7 Å². The van der Waals surface area contributed by atoms with Crippen LogP contribution in [0.2, 0.25) is 0 Å². The summed E-state index contributed by atoms with van der Waals surface area (Å²) < 4.78 is 23.1. The Morgan fingerprint density at radius 3 is 2.71 bits per heavy atom. The number of pyridine rings is 1. The Labute approximate surface area is 242 Å². The van der Waals surface area contributed by atoms with Crippen LogP contribution in [0.25, 0.3) is 0 Å². The molecule has 2 fully saturated rings. The molecule has 41 heavy (non-hydrogen) atoms. The number of aliphatic hydroxyl groups excluding tert-OH is 1. The molecule has 0 bridgehead atoms. The van der Waals surface area contributed by atoms with Crippen molar-refractivity contribution in [1.29, 1.82) is 0 Å². The van der Waals surface area contributed by atoms with Crippen molar-refractivity contribution in [2.75, 3.05) is 19.9 Å². The number of amides is 1. The lowest BCUT2D eigenvalue weighted by Gasteiger charge is -2.47. The fourth-order valence-electron chi connectivity index (χ4n) is 6.42. The summed E-state index contributed by atoms with van der Waals surface area (Å²) in [5, 5.41) is 18.3. The summed E-state index contributed by atoms with van der Waals surface area (Å²) in [7, 11) is 0. The summed E-state index contributed by atoms with van der Waals surface area (Å²) in [5.74, 6) is 1.92. The van der Waals surface area contributed by atoms with Gasteiger partial charge in [-0.15, -0.1) is 0 Å². The zero-order chi connectivity index (χ0) is 28.6. The molecule has 1 amide bonds. The van der Waals surface area contributed by atoms with Crippen molar-refractivity contribution < 1.29 is 28.8 Å². The molecule has 1 unspecified atom stereocenters. The molecule has 2 aromatic rings. The van der Waals surface area contributed by atoms with E-state index in [1.165, 1.54) is 5.56 Å². The number of nitrogens with one attached hydrogen (secondary N) is 2. The lowest BCUT2D eigenvalue weighted by Crippen LogP contribution is -2.53. The zero-order valence-corrected chi connectivity index (χ0v) is 24.4. The standard InChI is InChI=1S/C32H43N3O6/c1-31(2,3)15-21-12-22-24(16-32(9-5-10-32)41-30(22)34-17-21)33-18-25(36)23(35-29(37)27-6-4-11-38-27)13-20-7-8-26-28(14-20)40-19-39-26/h7-8,12,14,17,23-25,27,33,36H,4-6,9-11,13,15-16,18-19H2,1-3H3,(H,35,37)/t23-,24-,25+,27?/m0/s1. The van der Waals surface area contributed by atoms with Gasteiger partial charge in [-0.3, -0.25) is 4.79 Å². The molecular formula is C32H43N3O6. The van der Waals surface area contributed by atoms with E-state index in [0.29, 0.717) is 43.4 Å². The SMILES string of the molecule is CC(C)(C)Cc1cnc2c(c1)[C@@H](NC[C@@H](O)[C@H](Cc1ccc3c(c1)OCO3)NC(=O)C1CCCO1)CC1(CCC1)O2. The van der Waals surface area contributed by atoms with E-state index in [-0.39, 0.29) is 29.8 Å². The Kier molecular flexibility index (Phi) is 7.87. The molecule has 1 saturated carbocycles. The number of aliphatic hydroxyl groups is 1. The number of hydrogen-bond donors (Lipinski definition) is 3. The van der Waals surface area contributed by atoms with E-state index in [2.05, 4.69) is 37.5 Å². The van der Waals surface area contributed by atoms with Crippen LogP contribution in [0.15, 0.2) is 30.5 Å². The molecular weight excluding hydrogens is 522 g/mol. The maximum absolute atomic E-state index is 13.1. The van der Waals surface area contributed by atoms with Crippen molar-refractivity contribution in [2.45, 2.75) is 102 Å². The molecule has 4 aliphatic rings. The maximum atomic E-state index is 13.1. The lowest BCUT2D eigenvalue weighted by molar-refractivity contribution is -0.131. The highest BCUT2D eigenvalue weighted by Crippen LogP contribution is 2.48. The first-order valence-electron chi connectivity index (χ1n) is 15.1. The highest BCUT2D eigenvalue weighted by Gasteiger charge is 2.46. The Hall–Kier alpha value is -2.88. The predicted molar refractivity (Wildman–Crippen MR) is 153 cm³/mol. The maximum Gasteiger partial charge on any atom is 0.249 e. The van der Waals surface area contributed by atoms with Crippen LogP contribution in [0.3, 0.4) is 0 Å². The molecule has 9 heteroatoms. The van der Waals surface area contributed by atoms with Gasteiger partial charge in [0.2, 0.25) is 18.6 Å². The Morgan fingerprint density at radius 1 is 1.15 bits per heavy atom. The smallest absolute Gasteiger partial charge is 0.249 e. The van der Waals surface area contributed by atoms with Gasteiger partial charge >= 0.3 is 0 Å². The number of carbonyl (C=O) groups excluding carboxylic acids is 1. The van der Waals surface area contributed by atoms with Gasteiger partial charge in [-0.25, -0.2) is 4.98 Å². The second-order valence-corrected chi connectivity index (χ2v) is 13.4. The fraction of sp³-hybridized carbons (Fsp3) is 0.625. The highest BCUT2D eigenvalue weighted by atomic mass is 16.7. The molecule has 222 valence electrons. The van der Waals surface area contributed by atoms with Crippen LogP contribution in [-0.4, -0.2) is 59.8 Å². The van der Waals surface area contributed by atoms with Gasteiger partial charge in [-0.1, -0.05) is 26.8 Å². The number of hydrogen-bond acceptors (Lipinski definition) is 8. The third-order valence-corrected chi connectivity index (χ3v) is 8.68. The quantitative estimate of drug-likeness (QED) is 0.419. The van der Waals surface area contributed by atoms with E-state index >= 15 is 0 Å². The van der Waals surface area contributed by atoms with Crippen molar-refractivity contribution in [3.05, 3.63) is 47.2 Å². The van der Waals surface area contributed by atoms with Crippen LogP contribution in [0.1, 0.15) is 82.0 Å². The number of nitrogens with zero attached hydrogens (tertiary/aromatic N) is 1. The summed E-state index contributed by atoms with van der Waals surface area (Å²) in [6.07, 6.45) is 7.59. The second kappa shape index (κ2) is 11.4. The van der Waals surface area contributed by atoms with Gasteiger partial charge in [0.15, 0.2) is 11.5 Å². The predicted octanol–water partition coefficient (Wildman–Crippen LogP) is 4.00. The third kappa shape index (κ3) is 6.47. The van der Waals surface area contributed by atoms with E-state index in [4.69, 9.17) is 23.9 Å². The lowest BCUT2D eigenvalue weighted by atomic mass is 9.73. The first-order valence-corrected chi connectivity index (χ1v) is 15.1. The van der Waals surface area contributed by atoms with Crippen LogP contribution in [0.4, 0.5) is 0 Å². The average Bonchev–Trinajstić information content (AvgIpc) is 3.61. The van der Waals surface area contributed by atoms with Gasteiger partial charge in [0.25, 0.3) is 0 Å². The van der Waals surface area contributed by atoms with E-state index in [1.54, 1.807) is 0 Å². The van der Waals surface area contributed by atoms with Crippen LogP contribution in [0, 0.1) is 5.41 Å². The van der Waals surface area contributed by atoms with Crippen molar-refractivity contribution in [3.63, 3.8) is 0 Å². The van der Waals surface area contributed by atoms with Gasteiger partial charge in [-0.2, -0.15) is 0 Å². The first-order chi connectivity index (χ1) is 19.7. The number of ether oxygens (including phenoxy) is 4. The Balaban J connectivity index is 1.19. The molecule has 4 atom stereocenters. The van der Waals surface area contributed by atoms with Crippen LogP contribution in [0.5, 0.6) is 17.4 Å². The normalized spacial score (nSPS) is 23.8. The van der Waals surface area contributed by atoms with Gasteiger partial charge in [0.1, 0.15) is 11.7 Å². The van der Waals surface area contributed by atoms with Crippen LogP contribution in [-0.2, 0) is 22.4 Å². The van der Waals surface area contributed by atoms with E-state index in [9.17, 15) is 9.90 Å². The molecule has 6 rings (SSSR count). The molecule has 1 saturated heterocycles. The van der Waals surface area contributed by atoms with Crippen LogP contribution >= 0.6 is 0 Å². The zero-order valence-electron chi connectivity index (χ0n) is 24.4. The summed E-state index contributed by atoms with van der Waals surface area (Å²) in [4.78, 5) is 17.8. The number of benzene rings is 1. The van der Waals surface area contributed by atoms with Crippen molar-refractivity contribution in [3.8, 4) is 17.4 Å². The molecule has 1 aromatic carbocycles. The minimum atomic E-state index is -0.833. The molecule has 4 heterocycles. The summed E-state index contributed by atoms with van der Waals surface area (Å²) >= 11 is 0. The fourth-order valence-corrected chi connectivity index (χ4v) is 6.42. The molecule has 1 spiro atoms. The van der Waals surface area contributed by atoms with E-state index in [0.717, 1.165) is 49.7 Å². The first kappa shape index (κ1) is 28.2. The topological polar surface area (TPSA) is 111 Å². The molecule has 3 aliphatic heterocycles. The van der Waals surface area contributed by atoms with Crippen molar-refractivity contribution in [2.24, 2.45) is 5.41 Å². The summed E-state index contributed by atoms with van der Waals surface area (Å²) in [6, 6.07) is 7.46. The molecule has 9 nitrogen and oxygen atoms in total. The monoisotopic (exact) mass is 565 g/mol.